The van der Waals surface area contributed by atoms with Crippen molar-refractivity contribution in [2.45, 2.75) is 6.04 Å². The third kappa shape index (κ3) is 2.24. The highest BCUT2D eigenvalue weighted by Crippen LogP contribution is 2.35. The number of aromatic hydroxyl groups is 1. The number of rotatable bonds is 1. The van der Waals surface area contributed by atoms with E-state index in [1.807, 2.05) is 24.3 Å². The molecule has 2 N–H and O–H groups in total. The molecule has 0 bridgehead atoms. The smallest absolute Gasteiger partial charge is 0.333 e. The second-order valence-corrected chi connectivity index (χ2v) is 6.20. The van der Waals surface area contributed by atoms with Crippen LogP contribution in [0.5, 0.6) is 5.88 Å². The maximum atomic E-state index is 12.9. The number of aromatic nitrogens is 2. The minimum atomic E-state index is -0.703. The molecule has 1 aromatic heterocycles. The molecular formula is C17H18N6O3. The van der Waals surface area contributed by atoms with Gasteiger partial charge in [0.25, 0.3) is 5.56 Å². The first-order valence-corrected chi connectivity index (χ1v) is 8.20. The first-order valence-electron chi connectivity index (χ1n) is 8.20. The maximum absolute atomic E-state index is 12.9. The predicted molar refractivity (Wildman–Crippen MR) is 96.6 cm³/mol. The highest BCUT2D eigenvalue weighted by atomic mass is 16.3. The third-order valence-corrected chi connectivity index (χ3v) is 4.67. The van der Waals surface area contributed by atoms with E-state index in [1.165, 1.54) is 14.1 Å². The van der Waals surface area contributed by atoms with Gasteiger partial charge in [-0.15, -0.1) is 0 Å². The molecule has 3 heterocycles. The summed E-state index contributed by atoms with van der Waals surface area (Å²) < 4.78 is 2.04. The second kappa shape index (κ2) is 5.87. The van der Waals surface area contributed by atoms with Crippen LogP contribution in [0.15, 0.2) is 43.9 Å². The number of benzene rings is 1. The van der Waals surface area contributed by atoms with Crippen LogP contribution in [0.4, 0.5) is 0 Å². The summed E-state index contributed by atoms with van der Waals surface area (Å²) in [7, 11) is 2.82. The van der Waals surface area contributed by atoms with E-state index in [9.17, 15) is 14.7 Å². The van der Waals surface area contributed by atoms with E-state index in [0.29, 0.717) is 19.0 Å². The average Bonchev–Trinajstić information content (AvgIpc) is 3.19. The van der Waals surface area contributed by atoms with Gasteiger partial charge in [0.05, 0.1) is 12.8 Å². The number of guanidine groups is 1. The molecule has 0 saturated carbocycles. The van der Waals surface area contributed by atoms with Gasteiger partial charge in [-0.25, -0.2) is 14.8 Å². The summed E-state index contributed by atoms with van der Waals surface area (Å²) in [5, 5.41) is 19.8. The highest BCUT2D eigenvalue weighted by molar-refractivity contribution is 5.89. The zero-order valence-electron chi connectivity index (χ0n) is 14.4. The average molecular weight is 354 g/mol. The van der Waals surface area contributed by atoms with Crippen LogP contribution >= 0.6 is 0 Å². The van der Waals surface area contributed by atoms with Crippen LogP contribution in [-0.4, -0.2) is 44.5 Å². The Hall–Kier alpha value is -3.36. The molecular weight excluding hydrogens is 336 g/mol. The molecule has 26 heavy (non-hydrogen) atoms. The number of fused-ring (bicyclic) bond motifs is 1. The Bertz CT molecular complexity index is 1070. The molecule has 0 aliphatic carbocycles. The minimum Gasteiger partial charge on any atom is -0.494 e. The number of aliphatic imine (C=N–C) groups is 1. The fraction of sp³-hybridized carbons (Fsp3) is 0.294. The Labute approximate surface area is 148 Å². The van der Waals surface area contributed by atoms with Crippen LogP contribution < -0.4 is 16.6 Å². The van der Waals surface area contributed by atoms with E-state index >= 15 is 0 Å². The Morgan fingerprint density at radius 2 is 1.96 bits per heavy atom. The molecule has 1 atom stereocenters. The summed E-state index contributed by atoms with van der Waals surface area (Å²) in [6.45, 7) is 1.28. The van der Waals surface area contributed by atoms with Crippen molar-refractivity contribution in [2.24, 2.45) is 24.2 Å². The van der Waals surface area contributed by atoms with Gasteiger partial charge in [0, 0.05) is 26.2 Å². The lowest BCUT2D eigenvalue weighted by atomic mass is 9.94. The molecule has 0 radical (unpaired) electrons. The van der Waals surface area contributed by atoms with Crippen molar-refractivity contribution in [1.29, 1.82) is 0 Å². The summed E-state index contributed by atoms with van der Waals surface area (Å²) >= 11 is 0. The van der Waals surface area contributed by atoms with E-state index in [-0.39, 0.29) is 11.4 Å². The Morgan fingerprint density at radius 3 is 2.69 bits per heavy atom. The third-order valence-electron chi connectivity index (χ3n) is 4.67. The summed E-state index contributed by atoms with van der Waals surface area (Å²) in [6, 6.07) is 6.79. The van der Waals surface area contributed by atoms with E-state index in [0.717, 1.165) is 20.3 Å². The SMILES string of the molecule is Cn1c(O)c([C@@H]2c3ccccc3C=NN2C2=NCCN2)c(=O)n(C)c1=O. The van der Waals surface area contributed by atoms with Crippen LogP contribution in [0.25, 0.3) is 0 Å². The second-order valence-electron chi connectivity index (χ2n) is 6.20. The first-order chi connectivity index (χ1) is 12.5. The van der Waals surface area contributed by atoms with Crippen LogP contribution in [0.1, 0.15) is 22.7 Å². The van der Waals surface area contributed by atoms with E-state index in [2.05, 4.69) is 15.4 Å². The summed E-state index contributed by atoms with van der Waals surface area (Å²) in [5.74, 6) is 0.148. The standard InChI is InChI=1S/C17H18N6O3/c1-21-14(24)12(15(25)22(2)17(21)26)13-11-6-4-3-5-10(11)9-20-23(13)16-18-7-8-19-16/h3-6,9,13,24H,7-8H2,1-2H3,(H,18,19)/t13-/m0/s1. The molecule has 4 rings (SSSR count). The molecule has 0 spiro atoms. The van der Waals surface area contributed by atoms with Gasteiger partial charge < -0.3 is 10.4 Å². The van der Waals surface area contributed by atoms with E-state index < -0.39 is 17.3 Å². The molecule has 2 aliphatic heterocycles. The Balaban J connectivity index is 2.02. The van der Waals surface area contributed by atoms with Crippen LogP contribution in [0, 0.1) is 0 Å². The molecule has 9 nitrogen and oxygen atoms in total. The molecule has 0 unspecified atom stereocenters. The predicted octanol–water partition coefficient (Wildman–Crippen LogP) is -0.512. The normalized spacial score (nSPS) is 18.5. The van der Waals surface area contributed by atoms with Crippen molar-refractivity contribution in [3.05, 3.63) is 61.8 Å². The van der Waals surface area contributed by atoms with Crippen LogP contribution in [0.2, 0.25) is 0 Å². The molecule has 0 amide bonds. The quantitative estimate of drug-likeness (QED) is 0.718. The monoisotopic (exact) mass is 354 g/mol. The van der Waals surface area contributed by atoms with Crippen LogP contribution in [-0.2, 0) is 14.1 Å². The topological polar surface area (TPSA) is 104 Å². The van der Waals surface area contributed by atoms with Gasteiger partial charge in [-0.1, -0.05) is 24.3 Å². The van der Waals surface area contributed by atoms with Gasteiger partial charge in [0.15, 0.2) is 0 Å². The fourth-order valence-corrected chi connectivity index (χ4v) is 3.29. The van der Waals surface area contributed by atoms with Crippen molar-refractivity contribution in [3.63, 3.8) is 0 Å². The Kier molecular flexibility index (Phi) is 3.64. The lowest BCUT2D eigenvalue weighted by Gasteiger charge is -2.33. The van der Waals surface area contributed by atoms with Gasteiger partial charge in [0.2, 0.25) is 11.8 Å². The largest absolute Gasteiger partial charge is 0.494 e. The first kappa shape index (κ1) is 16.1. The lowest BCUT2D eigenvalue weighted by molar-refractivity contribution is 0.330. The fourth-order valence-electron chi connectivity index (χ4n) is 3.29. The molecule has 1 aromatic carbocycles. The molecule has 0 fully saturated rings. The van der Waals surface area contributed by atoms with E-state index in [4.69, 9.17) is 0 Å². The van der Waals surface area contributed by atoms with Gasteiger partial charge in [-0.05, 0) is 5.56 Å². The van der Waals surface area contributed by atoms with Gasteiger partial charge in [-0.2, -0.15) is 5.10 Å². The van der Waals surface area contributed by atoms with Gasteiger partial charge in [-0.3, -0.25) is 13.9 Å². The van der Waals surface area contributed by atoms with E-state index in [1.54, 1.807) is 11.2 Å². The minimum absolute atomic E-state index is 0.0790. The Morgan fingerprint density at radius 1 is 1.19 bits per heavy atom. The zero-order chi connectivity index (χ0) is 18.4. The maximum Gasteiger partial charge on any atom is 0.333 e. The van der Waals surface area contributed by atoms with Crippen molar-refractivity contribution in [3.8, 4) is 5.88 Å². The summed E-state index contributed by atoms with van der Waals surface area (Å²) in [4.78, 5) is 29.4. The lowest BCUT2D eigenvalue weighted by Crippen LogP contribution is -2.45. The summed E-state index contributed by atoms with van der Waals surface area (Å²) in [5.41, 5.74) is 0.556. The van der Waals surface area contributed by atoms with Gasteiger partial charge >= 0.3 is 5.69 Å². The number of nitrogens with one attached hydrogen (secondary N) is 1. The molecule has 9 heteroatoms. The number of hydrogen-bond acceptors (Lipinski definition) is 7. The molecule has 2 aliphatic rings. The zero-order valence-corrected chi connectivity index (χ0v) is 14.4. The van der Waals surface area contributed by atoms with Crippen molar-refractivity contribution < 1.29 is 5.11 Å². The van der Waals surface area contributed by atoms with Crippen molar-refractivity contribution >= 4 is 12.2 Å². The number of hydrogen-bond donors (Lipinski definition) is 2. The molecule has 134 valence electrons. The van der Waals surface area contributed by atoms with Crippen molar-refractivity contribution in [2.75, 3.05) is 13.1 Å². The van der Waals surface area contributed by atoms with Gasteiger partial charge in [0.1, 0.15) is 11.6 Å². The molecule has 2 aromatic rings. The van der Waals surface area contributed by atoms with Crippen molar-refractivity contribution in [1.82, 2.24) is 19.5 Å². The molecule has 0 saturated heterocycles. The number of nitrogens with zero attached hydrogens (tertiary/aromatic N) is 5. The summed E-state index contributed by atoms with van der Waals surface area (Å²) in [6.07, 6.45) is 1.69. The van der Waals surface area contributed by atoms with Crippen LogP contribution in [0.3, 0.4) is 0 Å². The number of hydrazone groups is 1. The highest BCUT2D eigenvalue weighted by Gasteiger charge is 2.36.